The molecule has 0 radical (unpaired) electrons. The lowest BCUT2D eigenvalue weighted by atomic mass is 10.2. The molecule has 1 heterocycles. The van der Waals surface area contributed by atoms with Gasteiger partial charge >= 0.3 is 18.3 Å². The number of hydrogen-bond acceptors (Lipinski definition) is 3. The van der Waals surface area contributed by atoms with Crippen molar-refractivity contribution < 1.29 is 31.8 Å². The lowest BCUT2D eigenvalue weighted by Gasteiger charge is -2.16. The molecule has 0 atom stereocenters. The maximum Gasteiger partial charge on any atom is 0.383 e. The molecule has 0 fully saturated rings. The zero-order chi connectivity index (χ0) is 15.1. The molecule has 4 nitrogen and oxygen atoms in total. The number of nitrogens with one attached hydrogen (secondary N) is 1. The number of ether oxygens (including phenoxy) is 2. The van der Waals surface area contributed by atoms with E-state index in [-0.39, 0.29) is 11.4 Å². The van der Waals surface area contributed by atoms with Crippen molar-refractivity contribution in [2.24, 2.45) is 0 Å². The summed E-state index contributed by atoms with van der Waals surface area (Å²) in [4.78, 5) is 11.1. The second-order valence-electron chi connectivity index (χ2n) is 4.64. The molecule has 2 rings (SSSR count). The summed E-state index contributed by atoms with van der Waals surface area (Å²) < 4.78 is 60.4. The van der Waals surface area contributed by atoms with Crippen molar-refractivity contribution in [1.29, 1.82) is 0 Å². The minimum absolute atomic E-state index is 0.0876. The van der Waals surface area contributed by atoms with Crippen molar-refractivity contribution in [2.75, 3.05) is 5.32 Å². The van der Waals surface area contributed by atoms with Crippen LogP contribution in [0.1, 0.15) is 13.8 Å². The monoisotopic (exact) mass is 293 g/mol. The van der Waals surface area contributed by atoms with Gasteiger partial charge < -0.3 is 14.8 Å². The van der Waals surface area contributed by atoms with Gasteiger partial charge in [-0.2, -0.15) is 8.78 Å². The lowest BCUT2D eigenvalue weighted by molar-refractivity contribution is -0.163. The van der Waals surface area contributed by atoms with E-state index in [0.717, 1.165) is 0 Å². The Morgan fingerprint density at radius 2 is 1.85 bits per heavy atom. The van der Waals surface area contributed by atoms with Crippen LogP contribution in [0.2, 0.25) is 0 Å². The summed E-state index contributed by atoms with van der Waals surface area (Å²) in [5.41, 5.74) is -0.0876. The molecule has 1 amide bonds. The smallest absolute Gasteiger partial charge is 0.383 e. The highest BCUT2D eigenvalue weighted by molar-refractivity contribution is 5.96. The van der Waals surface area contributed by atoms with E-state index in [1.807, 2.05) is 0 Å². The Labute approximate surface area is 111 Å². The van der Waals surface area contributed by atoms with Crippen molar-refractivity contribution in [1.82, 2.24) is 0 Å². The first-order valence-electron chi connectivity index (χ1n) is 5.61. The second kappa shape index (κ2) is 4.53. The van der Waals surface area contributed by atoms with E-state index in [1.54, 1.807) is 19.2 Å². The van der Waals surface area contributed by atoms with Gasteiger partial charge in [0.2, 0.25) is 5.79 Å². The van der Waals surface area contributed by atoms with Crippen LogP contribution in [-0.4, -0.2) is 24.0 Å². The number of alkyl halides is 4. The number of carbonyl (C=O) groups is 1. The van der Waals surface area contributed by atoms with Gasteiger partial charge in [-0.05, 0) is 12.1 Å². The van der Waals surface area contributed by atoms with Crippen LogP contribution in [-0.2, 0) is 4.79 Å². The Balaban J connectivity index is 2.16. The van der Waals surface area contributed by atoms with E-state index >= 15 is 0 Å². The average Bonchev–Trinajstić information content (AvgIpc) is 2.61. The molecule has 8 heteroatoms. The fourth-order valence-electron chi connectivity index (χ4n) is 1.61. The topological polar surface area (TPSA) is 47.6 Å². The van der Waals surface area contributed by atoms with E-state index in [2.05, 4.69) is 0 Å². The Hall–Kier alpha value is -1.99. The molecular weight excluding hydrogens is 282 g/mol. The molecule has 0 saturated carbocycles. The molecular formula is C12H11F4NO3. The zero-order valence-corrected chi connectivity index (χ0v) is 10.5. The molecule has 110 valence electrons. The predicted octanol–water partition coefficient (Wildman–Crippen LogP) is 3.03. The Kier molecular flexibility index (Phi) is 3.27. The van der Waals surface area contributed by atoms with Gasteiger partial charge in [0.1, 0.15) is 0 Å². The molecule has 1 aliphatic heterocycles. The van der Waals surface area contributed by atoms with Crippen molar-refractivity contribution in [3.63, 3.8) is 0 Å². The fourth-order valence-corrected chi connectivity index (χ4v) is 1.61. The number of halogens is 4. The van der Waals surface area contributed by atoms with Gasteiger partial charge in [-0.25, -0.2) is 8.78 Å². The highest BCUT2D eigenvalue weighted by Crippen LogP contribution is 2.40. The standard InChI is InChI=1S/C12H11F4NO3/c1-11(2)19-7-4-3-6(5-8(7)20-11)17-10(18)12(15,16)9(13)14/h3-5,9H,1-2H3,(H,17,18). The normalized spacial score (nSPS) is 16.4. The summed E-state index contributed by atoms with van der Waals surface area (Å²) in [5.74, 6) is -7.15. The van der Waals surface area contributed by atoms with Gasteiger partial charge in [-0.15, -0.1) is 0 Å². The molecule has 1 aromatic rings. The number of benzene rings is 1. The summed E-state index contributed by atoms with van der Waals surface area (Å²) in [6, 6.07) is 3.87. The highest BCUT2D eigenvalue weighted by Gasteiger charge is 2.49. The number of rotatable bonds is 3. The van der Waals surface area contributed by atoms with Crippen LogP contribution in [0.15, 0.2) is 18.2 Å². The SMILES string of the molecule is CC1(C)Oc2ccc(NC(=O)C(F)(F)C(F)F)cc2O1. The van der Waals surface area contributed by atoms with E-state index in [0.29, 0.717) is 5.75 Å². The first-order valence-corrected chi connectivity index (χ1v) is 5.61. The minimum atomic E-state index is -4.75. The average molecular weight is 293 g/mol. The van der Waals surface area contributed by atoms with Crippen molar-refractivity contribution in [2.45, 2.75) is 32.0 Å². The van der Waals surface area contributed by atoms with Crippen LogP contribution in [0.4, 0.5) is 23.2 Å². The number of carbonyl (C=O) groups excluding carboxylic acids is 1. The quantitative estimate of drug-likeness (QED) is 0.871. The first kappa shape index (κ1) is 14.4. The third kappa shape index (κ3) is 2.63. The third-order valence-corrected chi connectivity index (χ3v) is 2.49. The van der Waals surface area contributed by atoms with E-state index in [4.69, 9.17) is 9.47 Å². The van der Waals surface area contributed by atoms with Gasteiger partial charge in [-0.3, -0.25) is 4.79 Å². The van der Waals surface area contributed by atoms with Gasteiger partial charge in [-0.1, -0.05) is 0 Å². The van der Waals surface area contributed by atoms with E-state index in [1.165, 1.54) is 18.2 Å². The summed E-state index contributed by atoms with van der Waals surface area (Å²) >= 11 is 0. The predicted molar refractivity (Wildman–Crippen MR) is 61.4 cm³/mol. The van der Waals surface area contributed by atoms with Gasteiger partial charge in [0.25, 0.3) is 0 Å². The zero-order valence-electron chi connectivity index (χ0n) is 10.5. The molecule has 0 unspecified atom stereocenters. The molecule has 1 N–H and O–H groups in total. The summed E-state index contributed by atoms with van der Waals surface area (Å²) in [5, 5.41) is 1.72. The molecule has 1 aliphatic rings. The van der Waals surface area contributed by atoms with Crippen LogP contribution in [0, 0.1) is 0 Å². The number of anilines is 1. The highest BCUT2D eigenvalue weighted by atomic mass is 19.3. The number of hydrogen-bond donors (Lipinski definition) is 1. The fraction of sp³-hybridized carbons (Fsp3) is 0.417. The first-order chi connectivity index (χ1) is 9.12. The number of fused-ring (bicyclic) bond motifs is 1. The van der Waals surface area contributed by atoms with Crippen LogP contribution in [0.5, 0.6) is 11.5 Å². The summed E-state index contributed by atoms with van der Waals surface area (Å²) in [6.07, 6.45) is -4.07. The van der Waals surface area contributed by atoms with Crippen LogP contribution < -0.4 is 14.8 Å². The Bertz CT molecular complexity index is 546. The van der Waals surface area contributed by atoms with Crippen molar-refractivity contribution in [3.05, 3.63) is 18.2 Å². The lowest BCUT2D eigenvalue weighted by Crippen LogP contribution is -2.40. The molecule has 0 saturated heterocycles. The molecule has 0 bridgehead atoms. The minimum Gasteiger partial charge on any atom is -0.449 e. The largest absolute Gasteiger partial charge is 0.449 e. The van der Waals surface area contributed by atoms with Crippen LogP contribution in [0.25, 0.3) is 0 Å². The van der Waals surface area contributed by atoms with Crippen molar-refractivity contribution >= 4 is 11.6 Å². The van der Waals surface area contributed by atoms with Gasteiger partial charge in [0.05, 0.1) is 0 Å². The van der Waals surface area contributed by atoms with Crippen LogP contribution >= 0.6 is 0 Å². The molecule has 20 heavy (non-hydrogen) atoms. The Morgan fingerprint density at radius 1 is 1.25 bits per heavy atom. The molecule has 1 aromatic carbocycles. The summed E-state index contributed by atoms with van der Waals surface area (Å²) in [6.45, 7) is 3.27. The summed E-state index contributed by atoms with van der Waals surface area (Å²) in [7, 11) is 0. The van der Waals surface area contributed by atoms with Gasteiger partial charge in [0.15, 0.2) is 11.5 Å². The van der Waals surface area contributed by atoms with E-state index in [9.17, 15) is 22.4 Å². The molecule has 0 aliphatic carbocycles. The second-order valence-corrected chi connectivity index (χ2v) is 4.64. The maximum absolute atomic E-state index is 12.8. The molecule has 0 aromatic heterocycles. The maximum atomic E-state index is 12.8. The van der Waals surface area contributed by atoms with Crippen molar-refractivity contribution in [3.8, 4) is 11.5 Å². The third-order valence-electron chi connectivity index (χ3n) is 2.49. The van der Waals surface area contributed by atoms with E-state index < -0.39 is 24.0 Å². The number of amides is 1. The molecule has 0 spiro atoms. The van der Waals surface area contributed by atoms with Gasteiger partial charge in [0, 0.05) is 25.6 Å². The Morgan fingerprint density at radius 3 is 2.45 bits per heavy atom. The van der Waals surface area contributed by atoms with Crippen LogP contribution in [0.3, 0.4) is 0 Å².